The number of carbonyl (C=O) groups is 1. The van der Waals surface area contributed by atoms with Crippen LogP contribution in [-0.2, 0) is 14.3 Å². The molecule has 1 saturated heterocycles. The quantitative estimate of drug-likeness (QED) is 0.186. The molecule has 0 aromatic rings. The average Bonchev–Trinajstić information content (AvgIpc) is 2.82. The molecule has 0 aliphatic carbocycles. The molecular formula is C12H22O11. The number of aliphatic hydroxyl groups excluding tert-OH is 8. The molecule has 0 unspecified atom stereocenters. The number of ether oxygens (including phenoxy) is 2. The highest BCUT2D eigenvalue weighted by molar-refractivity contribution is 5.56. The van der Waals surface area contributed by atoms with Gasteiger partial charge in [-0.1, -0.05) is 0 Å². The van der Waals surface area contributed by atoms with Gasteiger partial charge in [0.2, 0.25) is 5.79 Å². The SMILES string of the molecule is O=C[C@H](O)[C@@H](O)[C@H](O)[C@H](O)CO[C@]1(CO)O[C@H](CO)[C@@H](O)[C@@H]1O. The van der Waals surface area contributed by atoms with Crippen LogP contribution in [0.3, 0.4) is 0 Å². The largest absolute Gasteiger partial charge is 0.394 e. The lowest BCUT2D eigenvalue weighted by Gasteiger charge is -2.32. The fourth-order valence-corrected chi connectivity index (χ4v) is 2.14. The van der Waals surface area contributed by atoms with E-state index in [9.17, 15) is 35.4 Å². The van der Waals surface area contributed by atoms with Crippen LogP contribution >= 0.6 is 0 Å². The third-order valence-electron chi connectivity index (χ3n) is 3.64. The van der Waals surface area contributed by atoms with Crippen LogP contribution in [0.4, 0.5) is 0 Å². The van der Waals surface area contributed by atoms with Crippen LogP contribution in [0.25, 0.3) is 0 Å². The highest BCUT2D eigenvalue weighted by Gasteiger charge is 2.55. The lowest BCUT2D eigenvalue weighted by atomic mass is 10.0. The number of hydrogen-bond acceptors (Lipinski definition) is 11. The molecule has 0 bridgehead atoms. The third-order valence-corrected chi connectivity index (χ3v) is 3.64. The van der Waals surface area contributed by atoms with Crippen molar-refractivity contribution < 1.29 is 55.1 Å². The maximum Gasteiger partial charge on any atom is 0.221 e. The van der Waals surface area contributed by atoms with Crippen molar-refractivity contribution in [2.24, 2.45) is 0 Å². The predicted octanol–water partition coefficient (Wildman–Crippen LogP) is -5.55. The summed E-state index contributed by atoms with van der Waals surface area (Å²) in [6.07, 6.45) is -12.3. The number of rotatable bonds is 9. The molecule has 1 aliphatic heterocycles. The monoisotopic (exact) mass is 342 g/mol. The van der Waals surface area contributed by atoms with Crippen LogP contribution in [-0.4, -0.2) is 115 Å². The molecule has 136 valence electrons. The highest BCUT2D eigenvalue weighted by Crippen LogP contribution is 2.32. The first-order chi connectivity index (χ1) is 10.7. The van der Waals surface area contributed by atoms with Crippen molar-refractivity contribution in [3.05, 3.63) is 0 Å². The Kier molecular flexibility index (Phi) is 7.41. The molecule has 1 rings (SSSR count). The van der Waals surface area contributed by atoms with E-state index in [0.717, 1.165) is 0 Å². The summed E-state index contributed by atoms with van der Waals surface area (Å²) in [7, 11) is 0. The first kappa shape index (κ1) is 20.3. The molecule has 1 fully saturated rings. The Morgan fingerprint density at radius 1 is 1.13 bits per heavy atom. The summed E-state index contributed by atoms with van der Waals surface area (Å²) in [5, 5.41) is 75.5. The second kappa shape index (κ2) is 8.39. The second-order valence-electron chi connectivity index (χ2n) is 5.23. The Morgan fingerprint density at radius 2 is 1.74 bits per heavy atom. The van der Waals surface area contributed by atoms with Crippen molar-refractivity contribution in [3.8, 4) is 0 Å². The van der Waals surface area contributed by atoms with Gasteiger partial charge in [0.1, 0.15) is 49.3 Å². The van der Waals surface area contributed by atoms with Gasteiger partial charge in [-0.2, -0.15) is 0 Å². The minimum absolute atomic E-state index is 0.0390. The van der Waals surface area contributed by atoms with Gasteiger partial charge in [0.25, 0.3) is 0 Å². The molecule has 0 saturated carbocycles. The Labute approximate surface area is 130 Å². The first-order valence-electron chi connectivity index (χ1n) is 6.81. The van der Waals surface area contributed by atoms with Gasteiger partial charge in [0.05, 0.1) is 13.2 Å². The lowest BCUT2D eigenvalue weighted by Crippen LogP contribution is -2.52. The van der Waals surface area contributed by atoms with E-state index in [4.69, 9.17) is 19.7 Å². The summed E-state index contributed by atoms with van der Waals surface area (Å²) in [5.41, 5.74) is 0. The molecule has 0 radical (unpaired) electrons. The fraction of sp³-hybridized carbons (Fsp3) is 0.917. The zero-order valence-electron chi connectivity index (χ0n) is 12.0. The van der Waals surface area contributed by atoms with Crippen LogP contribution in [0.15, 0.2) is 0 Å². The zero-order valence-corrected chi connectivity index (χ0v) is 12.0. The van der Waals surface area contributed by atoms with E-state index in [1.54, 1.807) is 0 Å². The Morgan fingerprint density at radius 3 is 2.17 bits per heavy atom. The Bertz CT molecular complexity index is 380. The standard InChI is InChI=1S/C12H22O11/c13-1-5(16)8(18)9(19)6(17)3-22-12(4-15)11(21)10(20)7(2-14)23-12/h1,5-11,14-21H,2-4H2/t5-,6+,7+,8+,9+,10+,11-,12+/m0/s1. The summed E-state index contributed by atoms with van der Waals surface area (Å²) in [6.45, 7) is -2.39. The molecule has 0 spiro atoms. The van der Waals surface area contributed by atoms with Gasteiger partial charge >= 0.3 is 0 Å². The van der Waals surface area contributed by atoms with E-state index >= 15 is 0 Å². The Balaban J connectivity index is 2.69. The van der Waals surface area contributed by atoms with Gasteiger partial charge < -0.3 is 55.1 Å². The summed E-state index contributed by atoms with van der Waals surface area (Å²) in [6, 6.07) is 0. The minimum atomic E-state index is -2.15. The number of aldehydes is 1. The molecule has 11 nitrogen and oxygen atoms in total. The zero-order chi connectivity index (χ0) is 17.8. The van der Waals surface area contributed by atoms with Crippen molar-refractivity contribution in [2.45, 2.75) is 48.5 Å². The van der Waals surface area contributed by atoms with Gasteiger partial charge in [0, 0.05) is 0 Å². The van der Waals surface area contributed by atoms with Crippen molar-refractivity contribution in [2.75, 3.05) is 19.8 Å². The minimum Gasteiger partial charge on any atom is -0.394 e. The Hall–Kier alpha value is -0.730. The molecule has 1 aliphatic rings. The molecule has 23 heavy (non-hydrogen) atoms. The number of carbonyl (C=O) groups excluding carboxylic acids is 1. The van der Waals surface area contributed by atoms with E-state index in [0.29, 0.717) is 0 Å². The van der Waals surface area contributed by atoms with Crippen LogP contribution in [0.1, 0.15) is 0 Å². The average molecular weight is 342 g/mol. The molecular weight excluding hydrogens is 320 g/mol. The normalized spacial score (nSPS) is 36.4. The van der Waals surface area contributed by atoms with Crippen molar-refractivity contribution >= 4 is 6.29 Å². The first-order valence-corrected chi connectivity index (χ1v) is 6.81. The van der Waals surface area contributed by atoms with Gasteiger partial charge in [-0.05, 0) is 0 Å². The van der Waals surface area contributed by atoms with Crippen molar-refractivity contribution in [1.82, 2.24) is 0 Å². The molecule has 0 aromatic carbocycles. The highest BCUT2D eigenvalue weighted by atomic mass is 16.7. The van der Waals surface area contributed by atoms with Gasteiger partial charge in [-0.3, -0.25) is 0 Å². The van der Waals surface area contributed by atoms with Gasteiger partial charge in [-0.25, -0.2) is 0 Å². The molecule has 8 N–H and O–H groups in total. The van der Waals surface area contributed by atoms with Crippen molar-refractivity contribution in [3.63, 3.8) is 0 Å². The summed E-state index contributed by atoms with van der Waals surface area (Å²) < 4.78 is 10.1. The van der Waals surface area contributed by atoms with Gasteiger partial charge in [-0.15, -0.1) is 0 Å². The molecule has 8 atom stereocenters. The van der Waals surface area contributed by atoms with Crippen LogP contribution in [0.2, 0.25) is 0 Å². The predicted molar refractivity (Wildman–Crippen MR) is 69.8 cm³/mol. The third kappa shape index (κ3) is 4.22. The molecule has 1 heterocycles. The van der Waals surface area contributed by atoms with Gasteiger partial charge in [0.15, 0.2) is 6.29 Å². The van der Waals surface area contributed by atoms with E-state index in [2.05, 4.69) is 0 Å². The van der Waals surface area contributed by atoms with E-state index < -0.39 is 68.3 Å². The van der Waals surface area contributed by atoms with E-state index in [1.165, 1.54) is 0 Å². The summed E-state index contributed by atoms with van der Waals surface area (Å²) in [4.78, 5) is 10.3. The lowest BCUT2D eigenvalue weighted by molar-refractivity contribution is -0.287. The summed E-state index contributed by atoms with van der Waals surface area (Å²) in [5.74, 6) is -2.15. The van der Waals surface area contributed by atoms with E-state index in [1.807, 2.05) is 0 Å². The van der Waals surface area contributed by atoms with Crippen LogP contribution in [0, 0.1) is 0 Å². The maximum atomic E-state index is 10.3. The van der Waals surface area contributed by atoms with Crippen molar-refractivity contribution in [1.29, 1.82) is 0 Å². The number of aliphatic hydroxyl groups is 8. The molecule has 0 amide bonds. The maximum absolute atomic E-state index is 10.3. The molecule has 0 aromatic heterocycles. The fourth-order valence-electron chi connectivity index (χ4n) is 2.14. The number of hydrogen-bond donors (Lipinski definition) is 8. The van der Waals surface area contributed by atoms with Crippen LogP contribution < -0.4 is 0 Å². The van der Waals surface area contributed by atoms with E-state index in [-0.39, 0.29) is 6.29 Å². The molecule has 11 heteroatoms. The van der Waals surface area contributed by atoms with Crippen LogP contribution in [0.5, 0.6) is 0 Å². The summed E-state index contributed by atoms with van der Waals surface area (Å²) >= 11 is 0. The smallest absolute Gasteiger partial charge is 0.221 e. The topological polar surface area (TPSA) is 197 Å². The second-order valence-corrected chi connectivity index (χ2v) is 5.23.